The monoisotopic (exact) mass is 308 g/mol. The van der Waals surface area contributed by atoms with Crippen LogP contribution in [0.4, 0.5) is 0 Å². The van der Waals surface area contributed by atoms with Crippen molar-refractivity contribution in [3.8, 4) is 0 Å². The molecular weight excluding hydrogens is 288 g/mol. The van der Waals surface area contributed by atoms with Crippen molar-refractivity contribution in [2.75, 3.05) is 0 Å². The average molecular weight is 308 g/mol. The molecule has 3 aromatic rings. The first-order chi connectivity index (χ1) is 11.0. The summed E-state index contributed by atoms with van der Waals surface area (Å²) in [5.41, 5.74) is 2.40. The highest BCUT2D eigenvalue weighted by Gasteiger charge is 2.14. The Morgan fingerprint density at radius 1 is 1.00 bits per heavy atom. The van der Waals surface area contributed by atoms with E-state index >= 15 is 0 Å². The zero-order valence-electron chi connectivity index (χ0n) is 13.6. The molecule has 0 saturated heterocycles. The second kappa shape index (κ2) is 5.88. The summed E-state index contributed by atoms with van der Waals surface area (Å²) in [6, 6.07) is 15.2. The normalized spacial score (nSPS) is 11.3. The number of hydrogen-bond acceptors (Lipinski definition) is 2. The van der Waals surface area contributed by atoms with Gasteiger partial charge in [0.2, 0.25) is 0 Å². The highest BCUT2D eigenvalue weighted by atomic mass is 16.2. The van der Waals surface area contributed by atoms with E-state index in [4.69, 9.17) is 0 Å². The number of aromatic nitrogens is 2. The minimum atomic E-state index is -0.259. The SMILES string of the molecule is Cc1cccc(Cn2c(=O)n(C(C)C)c(=O)c3ccccc32)c1. The highest BCUT2D eigenvalue weighted by molar-refractivity contribution is 5.77. The molecule has 0 saturated carbocycles. The van der Waals surface area contributed by atoms with Crippen molar-refractivity contribution in [3.05, 3.63) is 80.5 Å². The molecule has 0 atom stereocenters. The maximum absolute atomic E-state index is 12.9. The Hall–Kier alpha value is -2.62. The summed E-state index contributed by atoms with van der Waals surface area (Å²) in [6.45, 7) is 6.19. The topological polar surface area (TPSA) is 44.0 Å². The van der Waals surface area contributed by atoms with Crippen molar-refractivity contribution in [1.82, 2.24) is 9.13 Å². The third-order valence-electron chi connectivity index (χ3n) is 4.02. The van der Waals surface area contributed by atoms with Crippen LogP contribution in [-0.4, -0.2) is 9.13 Å². The Balaban J connectivity index is 2.31. The van der Waals surface area contributed by atoms with Crippen LogP contribution in [0.2, 0.25) is 0 Å². The van der Waals surface area contributed by atoms with Crippen molar-refractivity contribution in [2.45, 2.75) is 33.4 Å². The maximum Gasteiger partial charge on any atom is 0.332 e. The van der Waals surface area contributed by atoms with Crippen molar-refractivity contribution in [2.24, 2.45) is 0 Å². The Labute approximate surface area is 134 Å². The summed E-state index contributed by atoms with van der Waals surface area (Å²) in [5.74, 6) is 0. The van der Waals surface area contributed by atoms with Crippen molar-refractivity contribution in [1.29, 1.82) is 0 Å². The van der Waals surface area contributed by atoms with Crippen LogP contribution in [0, 0.1) is 6.92 Å². The second-order valence-electron chi connectivity index (χ2n) is 6.14. The van der Waals surface area contributed by atoms with Crippen molar-refractivity contribution in [3.63, 3.8) is 0 Å². The highest BCUT2D eigenvalue weighted by Crippen LogP contribution is 2.12. The van der Waals surface area contributed by atoms with E-state index in [2.05, 4.69) is 6.07 Å². The molecule has 2 aromatic carbocycles. The predicted octanol–water partition coefficient (Wildman–Crippen LogP) is 3.10. The van der Waals surface area contributed by atoms with Gasteiger partial charge >= 0.3 is 5.69 Å². The first kappa shape index (κ1) is 15.3. The molecule has 0 N–H and O–H groups in total. The van der Waals surface area contributed by atoms with E-state index < -0.39 is 0 Å². The maximum atomic E-state index is 12.9. The number of aryl methyl sites for hydroxylation is 1. The van der Waals surface area contributed by atoms with Gasteiger partial charge in [0, 0.05) is 6.04 Å². The van der Waals surface area contributed by atoms with Gasteiger partial charge in [-0.3, -0.25) is 13.9 Å². The first-order valence-electron chi connectivity index (χ1n) is 7.78. The molecule has 0 fully saturated rings. The summed E-state index contributed by atoms with van der Waals surface area (Å²) in [7, 11) is 0. The third-order valence-corrected chi connectivity index (χ3v) is 4.02. The lowest BCUT2D eigenvalue weighted by atomic mass is 10.1. The minimum Gasteiger partial charge on any atom is -0.289 e. The number of benzene rings is 2. The number of fused-ring (bicyclic) bond motifs is 1. The van der Waals surface area contributed by atoms with Crippen LogP contribution in [0.25, 0.3) is 10.9 Å². The molecule has 0 aliphatic carbocycles. The van der Waals surface area contributed by atoms with Gasteiger partial charge in [-0.2, -0.15) is 0 Å². The van der Waals surface area contributed by atoms with E-state index in [1.165, 1.54) is 4.57 Å². The summed E-state index contributed by atoms with van der Waals surface area (Å²) in [4.78, 5) is 25.5. The van der Waals surface area contributed by atoms with Crippen LogP contribution in [0.1, 0.15) is 31.0 Å². The van der Waals surface area contributed by atoms with Crippen LogP contribution in [0.3, 0.4) is 0 Å². The molecule has 4 heteroatoms. The summed E-state index contributed by atoms with van der Waals surface area (Å²) >= 11 is 0. The molecular formula is C19H20N2O2. The zero-order chi connectivity index (χ0) is 16.6. The van der Waals surface area contributed by atoms with Crippen LogP contribution in [-0.2, 0) is 6.54 Å². The summed E-state index contributed by atoms with van der Waals surface area (Å²) in [5, 5.41) is 0.577. The number of rotatable bonds is 3. The number of hydrogen-bond donors (Lipinski definition) is 0. The molecule has 118 valence electrons. The smallest absolute Gasteiger partial charge is 0.289 e. The zero-order valence-corrected chi connectivity index (χ0v) is 13.6. The van der Waals surface area contributed by atoms with Crippen LogP contribution < -0.4 is 11.2 Å². The van der Waals surface area contributed by atoms with E-state index in [1.54, 1.807) is 10.6 Å². The first-order valence-corrected chi connectivity index (χ1v) is 7.78. The fourth-order valence-electron chi connectivity index (χ4n) is 2.94. The Kier molecular flexibility index (Phi) is 3.90. The van der Waals surface area contributed by atoms with Gasteiger partial charge in [-0.1, -0.05) is 42.0 Å². The molecule has 0 spiro atoms. The van der Waals surface area contributed by atoms with E-state index in [-0.39, 0.29) is 17.3 Å². The number of nitrogens with zero attached hydrogens (tertiary/aromatic N) is 2. The van der Waals surface area contributed by atoms with Crippen LogP contribution in [0.15, 0.2) is 58.1 Å². The van der Waals surface area contributed by atoms with Crippen molar-refractivity contribution < 1.29 is 0 Å². The molecule has 23 heavy (non-hydrogen) atoms. The van der Waals surface area contributed by atoms with E-state index in [0.717, 1.165) is 11.1 Å². The van der Waals surface area contributed by atoms with E-state index in [0.29, 0.717) is 17.4 Å². The predicted molar refractivity (Wildman–Crippen MR) is 93.1 cm³/mol. The van der Waals surface area contributed by atoms with Gasteiger partial charge in [0.25, 0.3) is 5.56 Å². The van der Waals surface area contributed by atoms with Gasteiger partial charge in [0.1, 0.15) is 0 Å². The molecule has 0 aliphatic heterocycles. The van der Waals surface area contributed by atoms with E-state index in [1.807, 2.05) is 57.2 Å². The molecule has 0 radical (unpaired) electrons. The molecule has 0 amide bonds. The standard InChI is InChI=1S/C19H20N2O2/c1-13(2)21-18(22)16-9-4-5-10-17(16)20(19(21)23)12-15-8-6-7-14(3)11-15/h4-11,13H,12H2,1-3H3. The third kappa shape index (κ3) is 2.72. The lowest BCUT2D eigenvalue weighted by Crippen LogP contribution is -2.41. The van der Waals surface area contributed by atoms with E-state index in [9.17, 15) is 9.59 Å². The quantitative estimate of drug-likeness (QED) is 0.746. The Bertz CT molecular complexity index is 981. The van der Waals surface area contributed by atoms with Crippen LogP contribution >= 0.6 is 0 Å². The number of para-hydroxylation sites is 1. The molecule has 0 bridgehead atoms. The summed E-state index contributed by atoms with van der Waals surface area (Å²) < 4.78 is 3.02. The minimum absolute atomic E-state index is 0.177. The Morgan fingerprint density at radius 3 is 2.43 bits per heavy atom. The fraction of sp³-hybridized carbons (Fsp3) is 0.263. The molecule has 0 unspecified atom stereocenters. The van der Waals surface area contributed by atoms with Gasteiger partial charge in [0.15, 0.2) is 0 Å². The molecule has 1 heterocycles. The lowest BCUT2D eigenvalue weighted by molar-refractivity contribution is 0.524. The molecule has 1 aromatic heterocycles. The van der Waals surface area contributed by atoms with Crippen molar-refractivity contribution >= 4 is 10.9 Å². The van der Waals surface area contributed by atoms with Gasteiger partial charge in [-0.05, 0) is 38.5 Å². The molecule has 0 aliphatic rings. The fourth-order valence-corrected chi connectivity index (χ4v) is 2.94. The molecule has 4 nitrogen and oxygen atoms in total. The Morgan fingerprint density at radius 2 is 1.74 bits per heavy atom. The van der Waals surface area contributed by atoms with Gasteiger partial charge in [0.05, 0.1) is 17.4 Å². The summed E-state index contributed by atoms with van der Waals surface area (Å²) in [6.07, 6.45) is 0. The second-order valence-corrected chi connectivity index (χ2v) is 6.14. The van der Waals surface area contributed by atoms with Gasteiger partial charge < -0.3 is 0 Å². The van der Waals surface area contributed by atoms with Gasteiger partial charge in [-0.15, -0.1) is 0 Å². The average Bonchev–Trinajstić information content (AvgIpc) is 2.51. The van der Waals surface area contributed by atoms with Crippen LogP contribution in [0.5, 0.6) is 0 Å². The molecule has 3 rings (SSSR count). The van der Waals surface area contributed by atoms with Gasteiger partial charge in [-0.25, -0.2) is 4.79 Å². The largest absolute Gasteiger partial charge is 0.332 e. The lowest BCUT2D eigenvalue weighted by Gasteiger charge is -2.16.